The van der Waals surface area contributed by atoms with Gasteiger partial charge in [0, 0.05) is 0 Å². The Labute approximate surface area is 221 Å². The standard InChI is InChI=1S/C25H22F3N3O7S/c1-36-22-13-17(11-12-21(22)38-24(33)37-2)15-29-30-23(32)16-31(39(34,35)20-9-4-3-5-10-20)19-8-6-7-18(14-19)25(26,27)28/h3-15H,16H2,1-2H3,(H,30,32)/b29-15-. The molecule has 3 rings (SSSR count). The maximum Gasteiger partial charge on any atom is 0.513 e. The van der Waals surface area contributed by atoms with Crippen LogP contribution in [0.1, 0.15) is 11.1 Å². The van der Waals surface area contributed by atoms with Gasteiger partial charge in [-0.2, -0.15) is 18.3 Å². The zero-order chi connectivity index (χ0) is 28.6. The Morgan fingerprint density at radius 3 is 2.33 bits per heavy atom. The summed E-state index contributed by atoms with van der Waals surface area (Å²) in [5, 5.41) is 3.77. The fraction of sp³-hybridized carbons (Fsp3) is 0.160. The van der Waals surface area contributed by atoms with Gasteiger partial charge in [-0.1, -0.05) is 24.3 Å². The molecule has 0 aromatic heterocycles. The van der Waals surface area contributed by atoms with Crippen LogP contribution in [0.25, 0.3) is 0 Å². The number of carbonyl (C=O) groups is 2. The molecular weight excluding hydrogens is 543 g/mol. The van der Waals surface area contributed by atoms with Crippen LogP contribution < -0.4 is 19.2 Å². The molecule has 0 spiro atoms. The molecule has 0 aliphatic carbocycles. The molecule has 0 unspecified atom stereocenters. The van der Waals surface area contributed by atoms with E-state index in [0.717, 1.165) is 25.3 Å². The predicted molar refractivity (Wildman–Crippen MR) is 134 cm³/mol. The fourth-order valence-electron chi connectivity index (χ4n) is 3.20. The molecule has 0 aliphatic heterocycles. The summed E-state index contributed by atoms with van der Waals surface area (Å²) in [6.07, 6.45) is -4.50. The van der Waals surface area contributed by atoms with Gasteiger partial charge in [0.05, 0.1) is 36.6 Å². The number of benzene rings is 3. The Hall–Kier alpha value is -4.59. The number of nitrogens with zero attached hydrogens (tertiary/aromatic N) is 2. The third kappa shape index (κ3) is 7.47. The van der Waals surface area contributed by atoms with E-state index in [2.05, 4.69) is 15.3 Å². The average molecular weight is 566 g/mol. The number of ether oxygens (including phenoxy) is 3. The van der Waals surface area contributed by atoms with Crippen molar-refractivity contribution < 1.29 is 45.4 Å². The molecule has 1 amide bonds. The highest BCUT2D eigenvalue weighted by Crippen LogP contribution is 2.33. The van der Waals surface area contributed by atoms with Gasteiger partial charge in [-0.15, -0.1) is 0 Å². The van der Waals surface area contributed by atoms with E-state index in [9.17, 15) is 31.2 Å². The summed E-state index contributed by atoms with van der Waals surface area (Å²) in [6.45, 7) is -0.870. The first-order chi connectivity index (χ1) is 18.5. The lowest BCUT2D eigenvalue weighted by Gasteiger charge is -2.24. The van der Waals surface area contributed by atoms with Crippen LogP contribution in [0.5, 0.6) is 11.5 Å². The molecule has 0 saturated carbocycles. The van der Waals surface area contributed by atoms with Crippen LogP contribution >= 0.6 is 0 Å². The first kappa shape index (κ1) is 29.0. The number of anilines is 1. The third-order valence-corrected chi connectivity index (χ3v) is 6.82. The van der Waals surface area contributed by atoms with Crippen molar-refractivity contribution >= 4 is 34.0 Å². The number of alkyl halides is 3. The van der Waals surface area contributed by atoms with Crippen molar-refractivity contribution in [3.8, 4) is 11.5 Å². The SMILES string of the molecule is COC(=O)Oc1ccc(/C=N\NC(=O)CN(c2cccc(C(F)(F)F)c2)S(=O)(=O)c2ccccc2)cc1OC. The molecule has 39 heavy (non-hydrogen) atoms. The minimum absolute atomic E-state index is 0.0633. The highest BCUT2D eigenvalue weighted by Gasteiger charge is 2.33. The summed E-state index contributed by atoms with van der Waals surface area (Å²) >= 11 is 0. The number of rotatable bonds is 9. The van der Waals surface area contributed by atoms with E-state index in [1.807, 2.05) is 0 Å². The van der Waals surface area contributed by atoms with Gasteiger partial charge in [-0.05, 0) is 54.1 Å². The van der Waals surface area contributed by atoms with Crippen molar-refractivity contribution in [1.29, 1.82) is 0 Å². The fourth-order valence-corrected chi connectivity index (χ4v) is 4.63. The van der Waals surface area contributed by atoms with Gasteiger partial charge in [0.15, 0.2) is 11.5 Å². The summed E-state index contributed by atoms with van der Waals surface area (Å²) in [5.41, 5.74) is 1.10. The van der Waals surface area contributed by atoms with Crippen molar-refractivity contribution in [2.75, 3.05) is 25.1 Å². The Kier molecular flexibility index (Phi) is 9.14. The second kappa shape index (κ2) is 12.3. The summed E-state index contributed by atoms with van der Waals surface area (Å²) in [4.78, 5) is 23.8. The zero-order valence-electron chi connectivity index (χ0n) is 20.5. The molecule has 3 aromatic carbocycles. The van der Waals surface area contributed by atoms with Gasteiger partial charge >= 0.3 is 12.3 Å². The summed E-state index contributed by atoms with van der Waals surface area (Å²) in [5.74, 6) is -0.713. The maximum atomic E-state index is 13.3. The molecule has 206 valence electrons. The molecule has 1 N–H and O–H groups in total. The van der Waals surface area contributed by atoms with Crippen molar-refractivity contribution in [3.63, 3.8) is 0 Å². The summed E-state index contributed by atoms with van der Waals surface area (Å²) < 4.78 is 81.5. The smallest absolute Gasteiger partial charge is 0.493 e. The molecule has 14 heteroatoms. The number of hydrogen-bond donors (Lipinski definition) is 1. The Bertz CT molecular complexity index is 1460. The predicted octanol–water partition coefficient (Wildman–Crippen LogP) is 4.20. The first-order valence-electron chi connectivity index (χ1n) is 11.0. The van der Waals surface area contributed by atoms with Gasteiger partial charge in [0.2, 0.25) is 0 Å². The number of carbonyl (C=O) groups excluding carboxylic acids is 2. The maximum absolute atomic E-state index is 13.3. The zero-order valence-corrected chi connectivity index (χ0v) is 21.3. The minimum atomic E-state index is -4.73. The highest BCUT2D eigenvalue weighted by molar-refractivity contribution is 7.92. The van der Waals surface area contributed by atoms with Crippen molar-refractivity contribution in [2.45, 2.75) is 11.1 Å². The van der Waals surface area contributed by atoms with Crippen molar-refractivity contribution in [2.24, 2.45) is 5.10 Å². The van der Waals surface area contributed by atoms with E-state index in [-0.39, 0.29) is 22.1 Å². The van der Waals surface area contributed by atoms with E-state index in [1.54, 1.807) is 6.07 Å². The molecule has 10 nitrogen and oxygen atoms in total. The summed E-state index contributed by atoms with van der Waals surface area (Å²) in [6, 6.07) is 14.9. The lowest BCUT2D eigenvalue weighted by atomic mass is 10.2. The van der Waals surface area contributed by atoms with E-state index < -0.39 is 40.4 Å². The Morgan fingerprint density at radius 1 is 0.974 bits per heavy atom. The third-order valence-electron chi connectivity index (χ3n) is 5.03. The molecule has 0 bridgehead atoms. The molecule has 0 radical (unpaired) electrons. The highest BCUT2D eigenvalue weighted by atomic mass is 32.2. The number of hydrogen-bond acceptors (Lipinski definition) is 8. The average Bonchev–Trinajstić information content (AvgIpc) is 2.92. The van der Waals surface area contributed by atoms with Crippen molar-refractivity contribution in [1.82, 2.24) is 5.43 Å². The normalized spacial score (nSPS) is 11.6. The van der Waals surface area contributed by atoms with E-state index in [1.165, 1.54) is 55.8 Å². The number of nitrogens with one attached hydrogen (secondary N) is 1. The molecule has 0 aliphatic rings. The van der Waals surface area contributed by atoms with Crippen LogP contribution in [-0.4, -0.2) is 47.5 Å². The Morgan fingerprint density at radius 2 is 1.69 bits per heavy atom. The van der Waals surface area contributed by atoms with Gasteiger partial charge in [-0.3, -0.25) is 9.10 Å². The van der Waals surface area contributed by atoms with Gasteiger partial charge in [0.25, 0.3) is 15.9 Å². The monoisotopic (exact) mass is 565 g/mol. The number of sulfonamides is 1. The van der Waals surface area contributed by atoms with Gasteiger partial charge in [0.1, 0.15) is 6.54 Å². The number of hydrazone groups is 1. The van der Waals surface area contributed by atoms with Gasteiger partial charge in [-0.25, -0.2) is 18.6 Å². The van der Waals surface area contributed by atoms with Crippen LogP contribution in [0.3, 0.4) is 0 Å². The first-order valence-corrected chi connectivity index (χ1v) is 12.4. The van der Waals surface area contributed by atoms with E-state index >= 15 is 0 Å². The Balaban J connectivity index is 1.83. The largest absolute Gasteiger partial charge is 0.513 e. The second-order valence-corrected chi connectivity index (χ2v) is 9.49. The topological polar surface area (TPSA) is 124 Å². The van der Waals surface area contributed by atoms with E-state index in [0.29, 0.717) is 15.9 Å². The number of halogens is 3. The molecule has 3 aromatic rings. The molecule has 0 fully saturated rings. The molecular formula is C25H22F3N3O7S. The van der Waals surface area contributed by atoms with Crippen LogP contribution in [0.15, 0.2) is 82.8 Å². The van der Waals surface area contributed by atoms with Crippen LogP contribution in [0.4, 0.5) is 23.7 Å². The number of amides is 1. The van der Waals surface area contributed by atoms with E-state index in [4.69, 9.17) is 9.47 Å². The van der Waals surface area contributed by atoms with Crippen LogP contribution in [0.2, 0.25) is 0 Å². The molecule has 0 atom stereocenters. The summed E-state index contributed by atoms with van der Waals surface area (Å²) in [7, 11) is -1.96. The molecule has 0 heterocycles. The van der Waals surface area contributed by atoms with Crippen LogP contribution in [0, 0.1) is 0 Å². The van der Waals surface area contributed by atoms with Gasteiger partial charge < -0.3 is 14.2 Å². The number of methoxy groups -OCH3 is 2. The quantitative estimate of drug-likeness (QED) is 0.179. The lowest BCUT2D eigenvalue weighted by molar-refractivity contribution is -0.137. The lowest BCUT2D eigenvalue weighted by Crippen LogP contribution is -2.39. The molecule has 0 saturated heterocycles. The second-order valence-electron chi connectivity index (χ2n) is 7.63. The van der Waals surface area contributed by atoms with Crippen molar-refractivity contribution in [3.05, 3.63) is 83.9 Å². The van der Waals surface area contributed by atoms with Crippen LogP contribution in [-0.2, 0) is 25.7 Å². The minimum Gasteiger partial charge on any atom is -0.493 e.